The van der Waals surface area contributed by atoms with Gasteiger partial charge in [-0.1, -0.05) is 25.1 Å². The number of rotatable bonds is 7. The monoisotopic (exact) mass is 300 g/mol. The van der Waals surface area contributed by atoms with Gasteiger partial charge < -0.3 is 10.1 Å². The zero-order valence-electron chi connectivity index (χ0n) is 12.8. The molecule has 0 unspecified atom stereocenters. The largest absolute Gasteiger partial charge is 0.383 e. The smallest absolute Gasteiger partial charge is 0.268 e. The second-order valence-electron chi connectivity index (χ2n) is 4.81. The Morgan fingerprint density at radius 3 is 2.59 bits per heavy atom. The molecular weight excluding hydrogens is 280 g/mol. The molecule has 5 heteroatoms. The minimum Gasteiger partial charge on any atom is -0.383 e. The molecule has 0 amide bonds. The number of nitrogens with zero attached hydrogens (tertiary/aromatic N) is 1. The van der Waals surface area contributed by atoms with Gasteiger partial charge in [0.25, 0.3) is 5.56 Å². The zero-order valence-corrected chi connectivity index (χ0v) is 12.8. The molecule has 0 atom stereocenters. The summed E-state index contributed by atoms with van der Waals surface area (Å²) >= 11 is 0. The average molecular weight is 300 g/mol. The number of hydrogen-bond donors (Lipinski definition) is 1. The third kappa shape index (κ3) is 3.43. The number of Topliss-reactive ketones (excluding diaryl/α,β-unsaturated/α-hetero) is 1. The first-order chi connectivity index (χ1) is 10.7. The van der Waals surface area contributed by atoms with Gasteiger partial charge in [0.15, 0.2) is 5.78 Å². The van der Waals surface area contributed by atoms with Crippen LogP contribution in [-0.4, -0.2) is 30.6 Å². The molecule has 0 saturated heterocycles. The Kier molecular flexibility index (Phi) is 5.49. The van der Waals surface area contributed by atoms with Gasteiger partial charge in [-0.05, 0) is 18.2 Å². The van der Waals surface area contributed by atoms with E-state index in [0.717, 1.165) is 5.69 Å². The maximum Gasteiger partial charge on any atom is 0.268 e. The number of hydrogen-bond acceptors (Lipinski definition) is 4. The molecule has 0 aliphatic heterocycles. The molecule has 0 spiro atoms. The van der Waals surface area contributed by atoms with E-state index in [0.29, 0.717) is 18.8 Å². The first-order valence-corrected chi connectivity index (χ1v) is 7.26. The van der Waals surface area contributed by atoms with Crippen molar-refractivity contribution in [2.24, 2.45) is 0 Å². The third-order valence-electron chi connectivity index (χ3n) is 3.35. The van der Waals surface area contributed by atoms with Crippen LogP contribution in [0.2, 0.25) is 0 Å². The molecule has 0 radical (unpaired) electrons. The number of benzene rings is 1. The molecule has 2 rings (SSSR count). The summed E-state index contributed by atoms with van der Waals surface area (Å²) in [5, 5.41) is 3.09. The Hall–Kier alpha value is -2.40. The van der Waals surface area contributed by atoms with Crippen LogP contribution in [-0.2, 0) is 4.74 Å². The van der Waals surface area contributed by atoms with Crippen molar-refractivity contribution in [3.63, 3.8) is 0 Å². The van der Waals surface area contributed by atoms with Crippen molar-refractivity contribution in [1.29, 1.82) is 0 Å². The predicted octanol–water partition coefficient (Wildman–Crippen LogP) is 2.49. The number of para-hydroxylation sites is 1. The number of carbonyl (C=O) groups is 1. The highest BCUT2D eigenvalue weighted by molar-refractivity contribution is 6.00. The van der Waals surface area contributed by atoms with Crippen LogP contribution in [0.25, 0.3) is 5.69 Å². The van der Waals surface area contributed by atoms with E-state index < -0.39 is 0 Å². The number of ether oxygens (including phenoxy) is 1. The molecular formula is C17H20N2O3. The first kappa shape index (κ1) is 16.0. The number of nitrogens with one attached hydrogen (secondary N) is 1. The average Bonchev–Trinajstić information content (AvgIpc) is 2.55. The van der Waals surface area contributed by atoms with E-state index in [1.54, 1.807) is 26.3 Å². The Morgan fingerprint density at radius 1 is 1.23 bits per heavy atom. The van der Waals surface area contributed by atoms with Gasteiger partial charge in [-0.3, -0.25) is 14.2 Å². The summed E-state index contributed by atoms with van der Waals surface area (Å²) in [5.74, 6) is -0.171. The van der Waals surface area contributed by atoms with Gasteiger partial charge in [0.05, 0.1) is 12.3 Å². The Balaban J connectivity index is 2.48. The molecule has 0 saturated carbocycles. The van der Waals surface area contributed by atoms with Crippen molar-refractivity contribution in [2.45, 2.75) is 13.3 Å². The number of carbonyl (C=O) groups excluding carboxylic acids is 1. The van der Waals surface area contributed by atoms with Crippen molar-refractivity contribution in [1.82, 2.24) is 4.57 Å². The lowest BCUT2D eigenvalue weighted by molar-refractivity contribution is 0.0987. The summed E-state index contributed by atoms with van der Waals surface area (Å²) in [4.78, 5) is 24.9. The number of ketones is 1. The van der Waals surface area contributed by atoms with Gasteiger partial charge in [-0.15, -0.1) is 0 Å². The van der Waals surface area contributed by atoms with E-state index >= 15 is 0 Å². The molecule has 0 aliphatic rings. The molecule has 0 fully saturated rings. The molecule has 1 N–H and O–H groups in total. The number of methoxy groups -OCH3 is 1. The molecule has 0 aliphatic carbocycles. The Morgan fingerprint density at radius 2 is 1.95 bits per heavy atom. The van der Waals surface area contributed by atoms with E-state index in [9.17, 15) is 9.59 Å². The van der Waals surface area contributed by atoms with Gasteiger partial charge in [0.1, 0.15) is 5.56 Å². The maximum absolute atomic E-state index is 12.7. The summed E-state index contributed by atoms with van der Waals surface area (Å²) in [6, 6.07) is 11.0. The van der Waals surface area contributed by atoms with Gasteiger partial charge in [0, 0.05) is 32.0 Å². The minimum atomic E-state index is -0.305. The van der Waals surface area contributed by atoms with Crippen LogP contribution in [0.3, 0.4) is 0 Å². The van der Waals surface area contributed by atoms with Crippen molar-refractivity contribution < 1.29 is 9.53 Å². The van der Waals surface area contributed by atoms with E-state index in [4.69, 9.17) is 4.74 Å². The number of aromatic nitrogens is 1. The second kappa shape index (κ2) is 7.56. The molecule has 0 bridgehead atoms. The van der Waals surface area contributed by atoms with Crippen molar-refractivity contribution >= 4 is 11.5 Å². The highest BCUT2D eigenvalue weighted by Gasteiger charge is 2.16. The van der Waals surface area contributed by atoms with E-state index in [-0.39, 0.29) is 23.3 Å². The summed E-state index contributed by atoms with van der Waals surface area (Å²) in [5.41, 5.74) is 1.19. The van der Waals surface area contributed by atoms with Crippen molar-refractivity contribution in [2.75, 3.05) is 25.6 Å². The van der Waals surface area contributed by atoms with Crippen LogP contribution in [0.5, 0.6) is 0 Å². The minimum absolute atomic E-state index is 0.171. The quantitative estimate of drug-likeness (QED) is 0.630. The van der Waals surface area contributed by atoms with E-state index in [2.05, 4.69) is 5.32 Å². The maximum atomic E-state index is 12.7. The summed E-state index contributed by atoms with van der Waals surface area (Å²) < 4.78 is 6.47. The van der Waals surface area contributed by atoms with E-state index in [1.165, 1.54) is 4.57 Å². The van der Waals surface area contributed by atoms with Gasteiger partial charge in [-0.25, -0.2) is 0 Å². The molecule has 116 valence electrons. The molecule has 2 aromatic rings. The molecule has 22 heavy (non-hydrogen) atoms. The second-order valence-corrected chi connectivity index (χ2v) is 4.81. The van der Waals surface area contributed by atoms with Crippen LogP contribution < -0.4 is 10.9 Å². The number of pyridine rings is 1. The normalized spacial score (nSPS) is 10.5. The predicted molar refractivity (Wildman–Crippen MR) is 87.0 cm³/mol. The van der Waals surface area contributed by atoms with Crippen LogP contribution in [0, 0.1) is 0 Å². The van der Waals surface area contributed by atoms with Gasteiger partial charge >= 0.3 is 0 Å². The summed E-state index contributed by atoms with van der Waals surface area (Å²) in [7, 11) is 1.60. The fourth-order valence-corrected chi connectivity index (χ4v) is 2.21. The molecule has 1 heterocycles. The summed E-state index contributed by atoms with van der Waals surface area (Å²) in [6.45, 7) is 2.79. The Bertz CT molecular complexity index is 693. The molecule has 1 aromatic carbocycles. The lowest BCUT2D eigenvalue weighted by atomic mass is 10.1. The lowest BCUT2D eigenvalue weighted by Gasteiger charge is -2.13. The first-order valence-electron chi connectivity index (χ1n) is 7.26. The Labute approximate surface area is 129 Å². The van der Waals surface area contributed by atoms with E-state index in [1.807, 2.05) is 30.3 Å². The van der Waals surface area contributed by atoms with Crippen LogP contribution in [0.15, 0.2) is 47.4 Å². The SMILES string of the molecule is CCC(=O)c1c(NCCOC)ccn(-c2ccccc2)c1=O. The number of anilines is 1. The lowest BCUT2D eigenvalue weighted by Crippen LogP contribution is -2.27. The van der Waals surface area contributed by atoms with Crippen LogP contribution >= 0.6 is 0 Å². The van der Waals surface area contributed by atoms with Crippen molar-refractivity contribution in [3.8, 4) is 5.69 Å². The highest BCUT2D eigenvalue weighted by atomic mass is 16.5. The molecule has 5 nitrogen and oxygen atoms in total. The van der Waals surface area contributed by atoms with Gasteiger partial charge in [-0.2, -0.15) is 0 Å². The van der Waals surface area contributed by atoms with Gasteiger partial charge in [0.2, 0.25) is 0 Å². The highest BCUT2D eigenvalue weighted by Crippen LogP contribution is 2.15. The van der Waals surface area contributed by atoms with Crippen molar-refractivity contribution in [3.05, 3.63) is 58.5 Å². The zero-order chi connectivity index (χ0) is 15.9. The third-order valence-corrected chi connectivity index (χ3v) is 3.35. The topological polar surface area (TPSA) is 60.3 Å². The fourth-order valence-electron chi connectivity index (χ4n) is 2.21. The summed E-state index contributed by atoms with van der Waals surface area (Å²) in [6.07, 6.45) is 1.96. The molecule has 1 aromatic heterocycles. The van der Waals surface area contributed by atoms with Crippen LogP contribution in [0.4, 0.5) is 5.69 Å². The fraction of sp³-hybridized carbons (Fsp3) is 0.294. The standard InChI is InChI=1S/C17H20N2O3/c1-3-15(20)16-14(18-10-12-22-2)9-11-19(17(16)21)13-7-5-4-6-8-13/h4-9,11,18H,3,10,12H2,1-2H3. The van der Waals surface area contributed by atoms with Crippen LogP contribution in [0.1, 0.15) is 23.7 Å².